The highest BCUT2D eigenvalue weighted by molar-refractivity contribution is 7.99. The number of morpholine rings is 1. The average Bonchev–Trinajstić information content (AvgIpc) is 4.12. The molecule has 0 radical (unpaired) electrons. The molecule has 88 heavy (non-hydrogen) atoms. The quantitative estimate of drug-likeness (QED) is 0.186. The van der Waals surface area contributed by atoms with Crippen molar-refractivity contribution >= 4 is 11.8 Å². The highest BCUT2D eigenvalue weighted by atomic mass is 32.2. The second-order valence-corrected chi connectivity index (χ2v) is 32.4. The molecule has 12 saturated heterocycles. The average molecular weight is 1250 g/mol. The summed E-state index contributed by atoms with van der Waals surface area (Å²) in [5, 5.41) is 0. The Morgan fingerprint density at radius 1 is 0.216 bits per heavy atom. The number of thioether (sulfide) groups is 1. The van der Waals surface area contributed by atoms with Gasteiger partial charge in [0.25, 0.3) is 0 Å². The molecule has 0 saturated carbocycles. The van der Waals surface area contributed by atoms with Crippen LogP contribution in [0.15, 0.2) is 0 Å². The smallest absolute Gasteiger partial charge is 0.0594 e. The molecular formula is C74H148N12OS. The SMILES string of the molecule is CC(C)N1CCC(N2CCC2)CC1.CC(C)N1CCC(N2CCCC2)CC1.CC(C)N1CCC(N2CCCCC2)CC1.CC(C)N1CCC(N2CCCCCC2)CC1.CC(C)N1CCC(N2CCOCC2)CC1.CC(C)N1CCC(N2CCSCC2)CC1. The second-order valence-electron chi connectivity index (χ2n) is 31.1. The van der Waals surface area contributed by atoms with E-state index in [0.717, 1.165) is 98.8 Å². The summed E-state index contributed by atoms with van der Waals surface area (Å²) in [5.41, 5.74) is 0. The predicted octanol–water partition coefficient (Wildman–Crippen LogP) is 11.7. The minimum Gasteiger partial charge on any atom is -0.379 e. The van der Waals surface area contributed by atoms with Crippen molar-refractivity contribution in [3.63, 3.8) is 0 Å². The Kier molecular flexibility index (Phi) is 35.7. The van der Waals surface area contributed by atoms with Gasteiger partial charge < -0.3 is 53.7 Å². The number of piperidine rings is 7. The third-order valence-electron chi connectivity index (χ3n) is 23.6. The van der Waals surface area contributed by atoms with Gasteiger partial charge in [0.2, 0.25) is 0 Å². The number of rotatable bonds is 12. The van der Waals surface area contributed by atoms with Gasteiger partial charge in [-0.3, -0.25) is 9.80 Å². The lowest BCUT2D eigenvalue weighted by Gasteiger charge is -2.43. The molecule has 0 unspecified atom stereocenters. The fourth-order valence-corrected chi connectivity index (χ4v) is 18.0. The third-order valence-corrected chi connectivity index (χ3v) is 24.6. The third kappa shape index (κ3) is 26.1. The van der Waals surface area contributed by atoms with Crippen molar-refractivity contribution < 1.29 is 4.74 Å². The van der Waals surface area contributed by atoms with Crippen LogP contribution in [0.5, 0.6) is 0 Å². The summed E-state index contributed by atoms with van der Waals surface area (Å²) >= 11 is 2.12. The summed E-state index contributed by atoms with van der Waals surface area (Å²) in [6.45, 7) is 61.3. The van der Waals surface area contributed by atoms with Gasteiger partial charge in [0.15, 0.2) is 0 Å². The van der Waals surface area contributed by atoms with E-state index in [-0.39, 0.29) is 0 Å². The minimum atomic E-state index is 0.718. The zero-order valence-corrected chi connectivity index (χ0v) is 61.3. The Hall–Kier alpha value is -0.170. The number of hydrogen-bond donors (Lipinski definition) is 0. The summed E-state index contributed by atoms with van der Waals surface area (Å²) in [6, 6.07) is 9.78. The topological polar surface area (TPSA) is 48.1 Å². The first-order valence-corrected chi connectivity index (χ1v) is 39.8. The Morgan fingerprint density at radius 3 is 0.602 bits per heavy atom. The first-order valence-electron chi connectivity index (χ1n) is 38.7. The molecule has 12 aliphatic rings. The Morgan fingerprint density at radius 2 is 0.398 bits per heavy atom. The van der Waals surface area contributed by atoms with Crippen LogP contribution in [0.25, 0.3) is 0 Å². The highest BCUT2D eigenvalue weighted by Gasteiger charge is 2.33. The van der Waals surface area contributed by atoms with Crippen molar-refractivity contribution in [1.29, 1.82) is 0 Å². The van der Waals surface area contributed by atoms with Gasteiger partial charge in [0.1, 0.15) is 0 Å². The maximum absolute atomic E-state index is 5.40. The van der Waals surface area contributed by atoms with Gasteiger partial charge in [-0.05, 0) is 336 Å². The molecule has 12 fully saturated rings. The minimum absolute atomic E-state index is 0.718. The van der Waals surface area contributed by atoms with Crippen LogP contribution < -0.4 is 0 Å². The van der Waals surface area contributed by atoms with Crippen LogP contribution in [0.2, 0.25) is 0 Å². The lowest BCUT2D eigenvalue weighted by atomic mass is 9.99. The first-order chi connectivity index (χ1) is 42.6. The Labute approximate surface area is 551 Å². The van der Waals surface area contributed by atoms with Crippen molar-refractivity contribution in [2.45, 2.75) is 297 Å². The van der Waals surface area contributed by atoms with Crippen LogP contribution in [-0.2, 0) is 4.74 Å². The molecule has 0 aromatic carbocycles. The molecule has 0 aromatic rings. The van der Waals surface area contributed by atoms with Crippen LogP contribution in [0.1, 0.15) is 224 Å². The molecule has 14 heteroatoms. The van der Waals surface area contributed by atoms with Crippen LogP contribution >= 0.6 is 11.8 Å². The number of nitrogens with zero attached hydrogens (tertiary/aromatic N) is 12. The molecule has 13 nitrogen and oxygen atoms in total. The van der Waals surface area contributed by atoms with Crippen LogP contribution in [0, 0.1) is 0 Å². The lowest BCUT2D eigenvalue weighted by Crippen LogP contribution is -2.51. The van der Waals surface area contributed by atoms with E-state index in [1.54, 1.807) is 0 Å². The zero-order chi connectivity index (χ0) is 62.6. The van der Waals surface area contributed by atoms with Crippen LogP contribution in [0.3, 0.4) is 0 Å². The van der Waals surface area contributed by atoms with E-state index in [4.69, 9.17) is 4.74 Å². The van der Waals surface area contributed by atoms with E-state index in [1.807, 2.05) is 0 Å². The molecule has 0 aliphatic carbocycles. The molecule has 12 heterocycles. The maximum Gasteiger partial charge on any atom is 0.0594 e. The number of likely N-dealkylation sites (tertiary alicyclic amines) is 10. The first kappa shape index (κ1) is 75.2. The van der Waals surface area contributed by atoms with E-state index < -0.39 is 0 Å². The monoisotopic (exact) mass is 1250 g/mol. The van der Waals surface area contributed by atoms with Gasteiger partial charge in [-0.15, -0.1) is 0 Å². The summed E-state index contributed by atoms with van der Waals surface area (Å²) in [7, 11) is 0. The summed E-state index contributed by atoms with van der Waals surface area (Å²) in [5.74, 6) is 2.70. The van der Waals surface area contributed by atoms with Crippen molar-refractivity contribution in [1.82, 2.24) is 58.8 Å². The molecular weight excluding hydrogens is 1100 g/mol. The molecule has 0 spiro atoms. The zero-order valence-electron chi connectivity index (χ0n) is 60.5. The molecule has 0 bridgehead atoms. The van der Waals surface area contributed by atoms with Gasteiger partial charge >= 0.3 is 0 Å². The van der Waals surface area contributed by atoms with Crippen LogP contribution in [-0.4, -0.2) is 313 Å². The summed E-state index contributed by atoms with van der Waals surface area (Å²) in [4.78, 5) is 32.0. The van der Waals surface area contributed by atoms with Crippen molar-refractivity contribution in [2.75, 3.05) is 182 Å². The van der Waals surface area contributed by atoms with E-state index in [1.165, 1.54) is 297 Å². The van der Waals surface area contributed by atoms with Crippen molar-refractivity contribution in [3.8, 4) is 0 Å². The second kappa shape index (κ2) is 41.7. The molecule has 0 amide bonds. The van der Waals surface area contributed by atoms with Crippen molar-refractivity contribution in [2.24, 2.45) is 0 Å². The van der Waals surface area contributed by atoms with E-state index in [2.05, 4.69) is 154 Å². The van der Waals surface area contributed by atoms with Crippen LogP contribution in [0.4, 0.5) is 0 Å². The number of ether oxygens (including phenoxy) is 1. The standard InChI is InChI=1S/C14H28N2.C13H26N2.C12H24N2O.C12H24N2S.C12H24N2.C11H22N2/c1-13(2)15-11-7-14(8-12-15)16-9-5-3-4-6-10-16;1-12(2)14-10-6-13(7-11-14)15-8-4-3-5-9-15;2*1-11(2)13-5-3-12(4-6-13)14-7-9-15-10-8-14;1-11(2)13-9-5-12(6-10-13)14-7-3-4-8-14;1-10(2)12-8-4-11(5-9-12)13-6-3-7-13/h13-14H,3-12H2,1-2H3;12-13H,3-11H2,1-2H3;2*11-12H,3-10H2,1-2H3;11-12H,3-10H2,1-2H3;10-11H,3-9H2,1-2H3. The van der Waals surface area contributed by atoms with Gasteiger partial charge in [-0.25, -0.2) is 0 Å². The maximum atomic E-state index is 5.40. The van der Waals surface area contributed by atoms with E-state index in [0.29, 0.717) is 0 Å². The van der Waals surface area contributed by atoms with E-state index >= 15 is 0 Å². The lowest BCUT2D eigenvalue weighted by molar-refractivity contribution is -0.00175. The normalized spacial score (nSPS) is 27.5. The summed E-state index contributed by atoms with van der Waals surface area (Å²) in [6.07, 6.45) is 31.1. The Bertz CT molecular complexity index is 1590. The Balaban J connectivity index is 0.000000151. The summed E-state index contributed by atoms with van der Waals surface area (Å²) < 4.78 is 5.40. The highest BCUT2D eigenvalue weighted by Crippen LogP contribution is 2.27. The number of hydrogen-bond acceptors (Lipinski definition) is 14. The van der Waals surface area contributed by atoms with Gasteiger partial charge in [-0.1, -0.05) is 19.3 Å². The molecule has 0 N–H and O–H groups in total. The van der Waals surface area contributed by atoms with E-state index in [9.17, 15) is 0 Å². The van der Waals surface area contributed by atoms with Gasteiger partial charge in [-0.2, -0.15) is 11.8 Å². The molecule has 12 aliphatic heterocycles. The fraction of sp³-hybridized carbons (Fsp3) is 1.00. The fourth-order valence-electron chi connectivity index (χ4n) is 17.0. The predicted molar refractivity (Wildman–Crippen MR) is 382 cm³/mol. The van der Waals surface area contributed by atoms with Gasteiger partial charge in [0.05, 0.1) is 13.2 Å². The molecule has 0 atom stereocenters. The molecule has 12 rings (SSSR count). The van der Waals surface area contributed by atoms with Gasteiger partial charge in [0, 0.05) is 110 Å². The molecule has 516 valence electrons. The molecule has 0 aromatic heterocycles. The largest absolute Gasteiger partial charge is 0.379 e. The van der Waals surface area contributed by atoms with Crippen molar-refractivity contribution in [3.05, 3.63) is 0 Å².